The van der Waals surface area contributed by atoms with E-state index in [1.807, 2.05) is 13.8 Å². The fourth-order valence-electron chi connectivity index (χ4n) is 2.30. The molecule has 6 heteroatoms. The molecule has 0 fully saturated rings. The van der Waals surface area contributed by atoms with Crippen molar-refractivity contribution < 1.29 is 9.59 Å². The summed E-state index contributed by atoms with van der Waals surface area (Å²) in [5, 5.41) is 5.63. The van der Waals surface area contributed by atoms with Gasteiger partial charge in [0.25, 0.3) is 11.8 Å². The molecule has 0 aliphatic carbocycles. The summed E-state index contributed by atoms with van der Waals surface area (Å²) in [6, 6.07) is 10.2. The summed E-state index contributed by atoms with van der Waals surface area (Å²) >= 11 is 0. The van der Waals surface area contributed by atoms with Crippen molar-refractivity contribution in [2.75, 3.05) is 11.9 Å². The van der Waals surface area contributed by atoms with Crippen molar-refractivity contribution in [1.29, 1.82) is 0 Å². The predicted molar refractivity (Wildman–Crippen MR) is 98.5 cm³/mol. The molecule has 0 spiro atoms. The van der Waals surface area contributed by atoms with E-state index in [4.69, 9.17) is 5.73 Å². The quantitative estimate of drug-likeness (QED) is 0.721. The predicted octanol–water partition coefficient (Wildman–Crippen LogP) is 2.58. The number of carbonyl (C=O) groups is 2. The molecule has 0 atom stereocenters. The molecule has 0 saturated heterocycles. The largest absolute Gasteiger partial charge is 0.350 e. The Hall–Kier alpha value is -2.73. The maximum atomic E-state index is 12.3. The van der Waals surface area contributed by atoms with Gasteiger partial charge in [0.2, 0.25) is 0 Å². The minimum absolute atomic E-state index is 0.214. The Morgan fingerprint density at radius 3 is 2.44 bits per heavy atom. The third-order valence-corrected chi connectivity index (χ3v) is 4.32. The maximum absolute atomic E-state index is 12.3. The molecule has 0 unspecified atom stereocenters. The van der Waals surface area contributed by atoms with Crippen LogP contribution in [0.1, 0.15) is 47.4 Å². The van der Waals surface area contributed by atoms with E-state index in [9.17, 15) is 9.59 Å². The smallest absolute Gasteiger partial charge is 0.257 e. The molecule has 6 nitrogen and oxygen atoms in total. The summed E-state index contributed by atoms with van der Waals surface area (Å²) in [4.78, 5) is 28.4. The fraction of sp³-hybridized carbons (Fsp3) is 0.316. The van der Waals surface area contributed by atoms with E-state index in [0.29, 0.717) is 23.4 Å². The molecule has 2 amide bonds. The van der Waals surface area contributed by atoms with Gasteiger partial charge in [-0.3, -0.25) is 14.6 Å². The van der Waals surface area contributed by atoms with Crippen molar-refractivity contribution in [3.63, 3.8) is 0 Å². The van der Waals surface area contributed by atoms with Crippen LogP contribution in [0.4, 0.5) is 5.69 Å². The Kier molecular flexibility index (Phi) is 6.25. The standard InChI is InChI=1S/C19H24N4O2/c1-3-19(20,4-2)13-22-17(24)14-7-5-9-16(11-14)23-18(25)15-8-6-10-21-12-15/h5-12H,3-4,13,20H2,1-2H3,(H,22,24)(H,23,25). The number of pyridine rings is 1. The van der Waals surface area contributed by atoms with Crippen LogP contribution >= 0.6 is 0 Å². The molecule has 0 bridgehead atoms. The van der Waals surface area contributed by atoms with Crippen molar-refractivity contribution in [1.82, 2.24) is 10.3 Å². The molecule has 0 aliphatic heterocycles. The van der Waals surface area contributed by atoms with Gasteiger partial charge < -0.3 is 16.4 Å². The van der Waals surface area contributed by atoms with Gasteiger partial charge in [-0.05, 0) is 43.2 Å². The minimum Gasteiger partial charge on any atom is -0.350 e. The lowest BCUT2D eigenvalue weighted by atomic mass is 9.94. The van der Waals surface area contributed by atoms with Crippen LogP contribution in [0.15, 0.2) is 48.8 Å². The molecule has 4 N–H and O–H groups in total. The number of carbonyl (C=O) groups excluding carboxylic acids is 2. The second-order valence-electron chi connectivity index (χ2n) is 6.03. The van der Waals surface area contributed by atoms with E-state index in [-0.39, 0.29) is 11.8 Å². The van der Waals surface area contributed by atoms with Gasteiger partial charge in [-0.15, -0.1) is 0 Å². The average Bonchev–Trinajstić information content (AvgIpc) is 2.66. The van der Waals surface area contributed by atoms with Crippen molar-refractivity contribution in [3.8, 4) is 0 Å². The van der Waals surface area contributed by atoms with E-state index < -0.39 is 5.54 Å². The zero-order chi connectivity index (χ0) is 18.3. The van der Waals surface area contributed by atoms with Crippen molar-refractivity contribution >= 4 is 17.5 Å². The van der Waals surface area contributed by atoms with E-state index in [2.05, 4.69) is 15.6 Å². The Morgan fingerprint density at radius 2 is 1.80 bits per heavy atom. The first kappa shape index (κ1) is 18.6. The Morgan fingerprint density at radius 1 is 1.08 bits per heavy atom. The Bertz CT molecular complexity index is 727. The van der Waals surface area contributed by atoms with Gasteiger partial charge in [0.15, 0.2) is 0 Å². The summed E-state index contributed by atoms with van der Waals surface area (Å²) in [6.45, 7) is 4.42. The molecule has 1 aromatic heterocycles. The second-order valence-corrected chi connectivity index (χ2v) is 6.03. The molecular formula is C19H24N4O2. The summed E-state index contributed by atoms with van der Waals surface area (Å²) < 4.78 is 0. The number of rotatable bonds is 7. The van der Waals surface area contributed by atoms with E-state index in [1.165, 1.54) is 6.20 Å². The van der Waals surface area contributed by atoms with Gasteiger partial charge in [-0.2, -0.15) is 0 Å². The second kappa shape index (κ2) is 8.39. The van der Waals surface area contributed by atoms with Crippen LogP contribution in [0.3, 0.4) is 0 Å². The van der Waals surface area contributed by atoms with Crippen LogP contribution in [-0.2, 0) is 0 Å². The number of nitrogens with one attached hydrogen (secondary N) is 2. The summed E-state index contributed by atoms with van der Waals surface area (Å²) in [5.41, 5.74) is 7.28. The number of aromatic nitrogens is 1. The highest BCUT2D eigenvalue weighted by atomic mass is 16.2. The van der Waals surface area contributed by atoms with E-state index in [0.717, 1.165) is 12.8 Å². The Balaban J connectivity index is 2.03. The van der Waals surface area contributed by atoms with Crippen LogP contribution in [0.25, 0.3) is 0 Å². The van der Waals surface area contributed by atoms with Crippen molar-refractivity contribution in [2.24, 2.45) is 5.73 Å². The van der Waals surface area contributed by atoms with Gasteiger partial charge in [0, 0.05) is 35.7 Å². The zero-order valence-corrected chi connectivity index (χ0v) is 14.6. The van der Waals surface area contributed by atoms with Crippen LogP contribution in [0.2, 0.25) is 0 Å². The summed E-state index contributed by atoms with van der Waals surface area (Å²) in [7, 11) is 0. The molecule has 0 radical (unpaired) electrons. The fourth-order valence-corrected chi connectivity index (χ4v) is 2.30. The van der Waals surface area contributed by atoms with E-state index in [1.54, 1.807) is 42.6 Å². The lowest BCUT2D eigenvalue weighted by Crippen LogP contribution is -2.49. The third-order valence-electron chi connectivity index (χ3n) is 4.32. The first-order chi connectivity index (χ1) is 12.0. The van der Waals surface area contributed by atoms with Crippen molar-refractivity contribution in [3.05, 3.63) is 59.9 Å². The van der Waals surface area contributed by atoms with Crippen LogP contribution in [0.5, 0.6) is 0 Å². The summed E-state index contributed by atoms with van der Waals surface area (Å²) in [5.74, 6) is -0.488. The molecule has 2 rings (SSSR count). The third kappa shape index (κ3) is 5.12. The minimum atomic E-state index is -0.401. The number of amides is 2. The Labute approximate surface area is 147 Å². The highest BCUT2D eigenvalue weighted by Crippen LogP contribution is 2.13. The van der Waals surface area contributed by atoms with Gasteiger partial charge in [0.05, 0.1) is 5.56 Å². The lowest BCUT2D eigenvalue weighted by molar-refractivity contribution is 0.0941. The molecule has 1 heterocycles. The van der Waals surface area contributed by atoms with Gasteiger partial charge in [0.1, 0.15) is 0 Å². The average molecular weight is 340 g/mol. The molecule has 2 aromatic rings. The number of hydrogen-bond donors (Lipinski definition) is 3. The molecule has 0 saturated carbocycles. The van der Waals surface area contributed by atoms with Gasteiger partial charge in [-0.1, -0.05) is 19.9 Å². The molecule has 25 heavy (non-hydrogen) atoms. The summed E-state index contributed by atoms with van der Waals surface area (Å²) in [6.07, 6.45) is 4.66. The monoisotopic (exact) mass is 340 g/mol. The molecular weight excluding hydrogens is 316 g/mol. The van der Waals surface area contributed by atoms with Gasteiger partial charge >= 0.3 is 0 Å². The van der Waals surface area contributed by atoms with E-state index >= 15 is 0 Å². The highest BCUT2D eigenvalue weighted by molar-refractivity contribution is 6.04. The maximum Gasteiger partial charge on any atom is 0.257 e. The number of benzene rings is 1. The first-order valence-corrected chi connectivity index (χ1v) is 8.36. The number of nitrogens with zero attached hydrogens (tertiary/aromatic N) is 1. The molecule has 0 aliphatic rings. The van der Waals surface area contributed by atoms with Crippen LogP contribution < -0.4 is 16.4 Å². The SMILES string of the molecule is CCC(N)(CC)CNC(=O)c1cccc(NC(=O)c2cccnc2)c1. The number of anilines is 1. The van der Waals surface area contributed by atoms with Crippen LogP contribution in [0, 0.1) is 0 Å². The number of hydrogen-bond acceptors (Lipinski definition) is 4. The highest BCUT2D eigenvalue weighted by Gasteiger charge is 2.21. The van der Waals surface area contributed by atoms with Crippen molar-refractivity contribution in [2.45, 2.75) is 32.2 Å². The lowest BCUT2D eigenvalue weighted by Gasteiger charge is -2.26. The number of nitrogens with two attached hydrogens (primary N) is 1. The first-order valence-electron chi connectivity index (χ1n) is 8.36. The molecule has 1 aromatic carbocycles. The zero-order valence-electron chi connectivity index (χ0n) is 14.6. The topological polar surface area (TPSA) is 97.1 Å². The normalized spacial score (nSPS) is 11.0. The van der Waals surface area contributed by atoms with Crippen LogP contribution in [-0.4, -0.2) is 28.9 Å². The van der Waals surface area contributed by atoms with Gasteiger partial charge in [-0.25, -0.2) is 0 Å². The molecule has 132 valence electrons.